The van der Waals surface area contributed by atoms with E-state index in [1.165, 1.54) is 25.7 Å². The number of morpholine rings is 1. The highest BCUT2D eigenvalue weighted by Gasteiger charge is 2.24. The van der Waals surface area contributed by atoms with Crippen molar-refractivity contribution in [1.82, 2.24) is 10.2 Å². The molecule has 0 aromatic heterocycles. The Hall–Kier alpha value is -0.610. The maximum Gasteiger partial charge on any atom is 0.236 e. The highest BCUT2D eigenvalue weighted by atomic mass is 16.5. The van der Waals surface area contributed by atoms with Gasteiger partial charge in [0.2, 0.25) is 5.91 Å². The predicted octanol–water partition coefficient (Wildman–Crippen LogP) is 0.766. The molecule has 2 rings (SSSR count). The summed E-state index contributed by atoms with van der Waals surface area (Å²) in [6, 6.07) is 0.798. The van der Waals surface area contributed by atoms with Crippen molar-refractivity contribution in [1.29, 1.82) is 0 Å². The Labute approximate surface area is 97.3 Å². The van der Waals surface area contributed by atoms with Gasteiger partial charge >= 0.3 is 0 Å². The molecule has 2 fully saturated rings. The number of hydrogen-bond acceptors (Lipinski definition) is 3. The van der Waals surface area contributed by atoms with Crippen LogP contribution >= 0.6 is 0 Å². The molecule has 92 valence electrons. The van der Waals surface area contributed by atoms with Gasteiger partial charge in [-0.1, -0.05) is 12.8 Å². The minimum absolute atomic E-state index is 0.225. The third-order valence-corrected chi connectivity index (χ3v) is 3.59. The molecule has 0 aromatic rings. The molecule has 2 aliphatic rings. The molecule has 1 heterocycles. The Morgan fingerprint density at radius 3 is 2.88 bits per heavy atom. The lowest BCUT2D eigenvalue weighted by Crippen LogP contribution is -2.50. The summed E-state index contributed by atoms with van der Waals surface area (Å²) in [6.07, 6.45) is 5.07. The molecule has 1 saturated carbocycles. The molecule has 16 heavy (non-hydrogen) atoms. The zero-order valence-corrected chi connectivity index (χ0v) is 10.1. The monoisotopic (exact) mass is 226 g/mol. The summed E-state index contributed by atoms with van der Waals surface area (Å²) in [5.41, 5.74) is 0. The van der Waals surface area contributed by atoms with E-state index in [0.29, 0.717) is 25.8 Å². The van der Waals surface area contributed by atoms with Crippen LogP contribution in [-0.4, -0.2) is 49.2 Å². The topological polar surface area (TPSA) is 41.6 Å². The summed E-state index contributed by atoms with van der Waals surface area (Å²) in [7, 11) is 0. The first-order valence-electron chi connectivity index (χ1n) is 6.38. The minimum Gasteiger partial charge on any atom is -0.377 e. The van der Waals surface area contributed by atoms with Crippen molar-refractivity contribution in [2.45, 2.75) is 44.7 Å². The minimum atomic E-state index is 0.225. The van der Waals surface area contributed by atoms with E-state index in [9.17, 15) is 4.79 Å². The Morgan fingerprint density at radius 2 is 2.19 bits per heavy atom. The molecule has 1 atom stereocenters. The van der Waals surface area contributed by atoms with Gasteiger partial charge in [0.25, 0.3) is 0 Å². The number of carbonyl (C=O) groups is 1. The smallest absolute Gasteiger partial charge is 0.236 e. The summed E-state index contributed by atoms with van der Waals surface area (Å²) in [6.45, 7) is 4.64. The first-order chi connectivity index (χ1) is 7.77. The Bertz CT molecular complexity index is 239. The fourth-order valence-electron chi connectivity index (χ4n) is 2.56. The zero-order chi connectivity index (χ0) is 11.4. The van der Waals surface area contributed by atoms with E-state index in [4.69, 9.17) is 4.74 Å². The van der Waals surface area contributed by atoms with Crippen molar-refractivity contribution in [3.63, 3.8) is 0 Å². The molecular formula is C12H22N2O2. The molecule has 1 N–H and O–H groups in total. The average Bonchev–Trinajstić information content (AvgIpc) is 2.79. The number of carbonyl (C=O) groups excluding carboxylic acids is 1. The van der Waals surface area contributed by atoms with Crippen LogP contribution in [0.4, 0.5) is 0 Å². The molecule has 1 aliphatic heterocycles. The standard InChI is InChI=1S/C12H22N2O2/c1-10-9-16-7-6-14(10)12(15)8-13-11-4-2-3-5-11/h10-11,13H,2-9H2,1H3/t10-/m1/s1. The number of nitrogens with one attached hydrogen (secondary N) is 1. The number of rotatable bonds is 3. The van der Waals surface area contributed by atoms with E-state index in [2.05, 4.69) is 5.32 Å². The number of nitrogens with zero attached hydrogens (tertiary/aromatic N) is 1. The van der Waals surface area contributed by atoms with Gasteiger partial charge in [-0.05, 0) is 19.8 Å². The Balaban J connectivity index is 1.73. The highest BCUT2D eigenvalue weighted by Crippen LogP contribution is 2.17. The summed E-state index contributed by atoms with van der Waals surface area (Å²) < 4.78 is 5.33. The maximum absolute atomic E-state index is 12.0. The molecule has 0 bridgehead atoms. The van der Waals surface area contributed by atoms with Crippen molar-refractivity contribution >= 4 is 5.91 Å². The normalized spacial score (nSPS) is 27.3. The molecule has 4 heteroatoms. The van der Waals surface area contributed by atoms with Gasteiger partial charge in [-0.3, -0.25) is 4.79 Å². The summed E-state index contributed by atoms with van der Waals surface area (Å²) in [4.78, 5) is 13.9. The molecule has 0 aromatic carbocycles. The van der Waals surface area contributed by atoms with Crippen molar-refractivity contribution in [2.24, 2.45) is 0 Å². The molecule has 0 radical (unpaired) electrons. The van der Waals surface area contributed by atoms with E-state index < -0.39 is 0 Å². The second kappa shape index (κ2) is 5.64. The third kappa shape index (κ3) is 2.95. The highest BCUT2D eigenvalue weighted by molar-refractivity contribution is 5.78. The van der Waals surface area contributed by atoms with Crippen LogP contribution in [-0.2, 0) is 9.53 Å². The number of amides is 1. The van der Waals surface area contributed by atoms with Crippen LogP contribution in [0.1, 0.15) is 32.6 Å². The van der Waals surface area contributed by atoms with Gasteiger partial charge in [0.15, 0.2) is 0 Å². The van der Waals surface area contributed by atoms with Crippen LogP contribution in [0, 0.1) is 0 Å². The zero-order valence-electron chi connectivity index (χ0n) is 10.1. The van der Waals surface area contributed by atoms with Crippen LogP contribution in [0.15, 0.2) is 0 Å². The Kier molecular flexibility index (Phi) is 4.18. The van der Waals surface area contributed by atoms with E-state index in [1.54, 1.807) is 0 Å². The lowest BCUT2D eigenvalue weighted by molar-refractivity contribution is -0.138. The van der Waals surface area contributed by atoms with E-state index in [-0.39, 0.29) is 11.9 Å². The van der Waals surface area contributed by atoms with Crippen molar-refractivity contribution in [3.8, 4) is 0 Å². The third-order valence-electron chi connectivity index (χ3n) is 3.59. The fraction of sp³-hybridized carbons (Fsp3) is 0.917. The number of hydrogen-bond donors (Lipinski definition) is 1. The van der Waals surface area contributed by atoms with Crippen LogP contribution in [0.2, 0.25) is 0 Å². The second-order valence-corrected chi connectivity index (χ2v) is 4.87. The Morgan fingerprint density at radius 1 is 1.44 bits per heavy atom. The largest absolute Gasteiger partial charge is 0.377 e. The SMILES string of the molecule is C[C@@H]1COCCN1C(=O)CNC1CCCC1. The molecule has 1 aliphatic carbocycles. The quantitative estimate of drug-likeness (QED) is 0.772. The van der Waals surface area contributed by atoms with Gasteiger partial charge in [0.1, 0.15) is 0 Å². The van der Waals surface area contributed by atoms with E-state index >= 15 is 0 Å². The van der Waals surface area contributed by atoms with Crippen molar-refractivity contribution in [3.05, 3.63) is 0 Å². The van der Waals surface area contributed by atoms with Gasteiger partial charge in [0.05, 0.1) is 25.8 Å². The van der Waals surface area contributed by atoms with Crippen LogP contribution in [0.25, 0.3) is 0 Å². The van der Waals surface area contributed by atoms with Gasteiger partial charge in [-0.2, -0.15) is 0 Å². The van der Waals surface area contributed by atoms with Crippen LogP contribution < -0.4 is 5.32 Å². The lowest BCUT2D eigenvalue weighted by atomic mass is 10.2. The van der Waals surface area contributed by atoms with Crippen molar-refractivity contribution in [2.75, 3.05) is 26.3 Å². The van der Waals surface area contributed by atoms with Crippen LogP contribution in [0.3, 0.4) is 0 Å². The van der Waals surface area contributed by atoms with E-state index in [1.807, 2.05) is 11.8 Å². The maximum atomic E-state index is 12.0. The van der Waals surface area contributed by atoms with Crippen LogP contribution in [0.5, 0.6) is 0 Å². The van der Waals surface area contributed by atoms with Gasteiger partial charge in [-0.15, -0.1) is 0 Å². The fourth-order valence-corrected chi connectivity index (χ4v) is 2.56. The molecular weight excluding hydrogens is 204 g/mol. The summed E-state index contributed by atoms with van der Waals surface area (Å²) in [5.74, 6) is 0.225. The first kappa shape index (κ1) is 11.9. The second-order valence-electron chi connectivity index (χ2n) is 4.87. The lowest BCUT2D eigenvalue weighted by Gasteiger charge is -2.33. The van der Waals surface area contributed by atoms with Crippen molar-refractivity contribution < 1.29 is 9.53 Å². The molecule has 0 spiro atoms. The predicted molar refractivity (Wildman–Crippen MR) is 62.3 cm³/mol. The van der Waals surface area contributed by atoms with E-state index in [0.717, 1.165) is 6.54 Å². The summed E-state index contributed by atoms with van der Waals surface area (Å²) >= 11 is 0. The average molecular weight is 226 g/mol. The summed E-state index contributed by atoms with van der Waals surface area (Å²) in [5, 5.41) is 3.37. The molecule has 1 amide bonds. The molecule has 4 nitrogen and oxygen atoms in total. The van der Waals surface area contributed by atoms with Gasteiger partial charge < -0.3 is 15.0 Å². The first-order valence-corrected chi connectivity index (χ1v) is 6.38. The molecule has 0 unspecified atom stereocenters. The molecule has 1 saturated heterocycles. The van der Waals surface area contributed by atoms with Gasteiger partial charge in [-0.25, -0.2) is 0 Å². The van der Waals surface area contributed by atoms with Gasteiger partial charge in [0, 0.05) is 12.6 Å². The number of ether oxygens (including phenoxy) is 1.